The first-order chi connectivity index (χ1) is 20.2. The zero-order valence-electron chi connectivity index (χ0n) is 25.2. The standard InChI is InChI=1S/C35H39I2NO5/c1-22(11-16-28-24(3)10-7-17-35(28,4)5)8-6-9-23(2)18-32(39)42-26-12-14-27(15-13-26)43-33-29(36)19-25(20-30(33)37)21-31(38)34(40)41/h6,8-9,11-16,18-20,31H,7,10,17,21,38H2,1-5H3,(H,40,41)/b9-6+,16-11+,22-8+,23-18+. The van der Waals surface area contributed by atoms with E-state index < -0.39 is 18.0 Å². The first-order valence-electron chi connectivity index (χ1n) is 14.1. The quantitative estimate of drug-likeness (QED) is 0.0774. The average molecular weight is 808 g/mol. The predicted octanol–water partition coefficient (Wildman–Crippen LogP) is 9.08. The summed E-state index contributed by atoms with van der Waals surface area (Å²) in [4.78, 5) is 23.5. The molecule has 1 atom stereocenters. The topological polar surface area (TPSA) is 98.9 Å². The minimum absolute atomic E-state index is 0.215. The summed E-state index contributed by atoms with van der Waals surface area (Å²) in [7, 11) is 0. The number of aliphatic carboxylic acids is 1. The van der Waals surface area contributed by atoms with Crippen LogP contribution in [0.2, 0.25) is 0 Å². The second-order valence-electron chi connectivity index (χ2n) is 11.5. The van der Waals surface area contributed by atoms with Crippen LogP contribution < -0.4 is 15.2 Å². The number of halogens is 2. The highest BCUT2D eigenvalue weighted by Gasteiger charge is 2.26. The number of allylic oxidation sites excluding steroid dienone is 9. The van der Waals surface area contributed by atoms with Gasteiger partial charge in [0, 0.05) is 6.08 Å². The molecule has 0 saturated carbocycles. The van der Waals surface area contributed by atoms with Crippen molar-refractivity contribution in [2.24, 2.45) is 11.1 Å². The van der Waals surface area contributed by atoms with Crippen LogP contribution >= 0.6 is 45.2 Å². The molecule has 3 rings (SSSR count). The van der Waals surface area contributed by atoms with Crippen molar-refractivity contribution in [3.05, 3.63) is 108 Å². The van der Waals surface area contributed by atoms with Crippen LogP contribution in [0.4, 0.5) is 0 Å². The molecular weight excluding hydrogens is 768 g/mol. The summed E-state index contributed by atoms with van der Waals surface area (Å²) in [5, 5.41) is 9.08. The van der Waals surface area contributed by atoms with Gasteiger partial charge in [0.1, 0.15) is 17.5 Å². The third-order valence-corrected chi connectivity index (χ3v) is 8.81. The molecule has 0 radical (unpaired) electrons. The average Bonchev–Trinajstić information content (AvgIpc) is 2.91. The lowest BCUT2D eigenvalue weighted by Gasteiger charge is -2.32. The molecule has 0 saturated heterocycles. The van der Waals surface area contributed by atoms with Crippen molar-refractivity contribution in [2.45, 2.75) is 66.3 Å². The summed E-state index contributed by atoms with van der Waals surface area (Å²) in [6.45, 7) is 10.8. The Balaban J connectivity index is 1.56. The summed E-state index contributed by atoms with van der Waals surface area (Å²) in [6.07, 6.45) is 15.6. The summed E-state index contributed by atoms with van der Waals surface area (Å²) in [6, 6.07) is 9.58. The van der Waals surface area contributed by atoms with E-state index in [9.17, 15) is 9.59 Å². The Morgan fingerprint density at radius 3 is 2.28 bits per heavy atom. The Kier molecular flexibility index (Phi) is 12.8. The molecule has 8 heteroatoms. The van der Waals surface area contributed by atoms with E-state index in [4.69, 9.17) is 20.3 Å². The van der Waals surface area contributed by atoms with Gasteiger partial charge in [-0.3, -0.25) is 4.79 Å². The number of ether oxygens (including phenoxy) is 2. The van der Waals surface area contributed by atoms with Gasteiger partial charge in [-0.25, -0.2) is 4.79 Å². The van der Waals surface area contributed by atoms with Gasteiger partial charge in [-0.1, -0.05) is 55.4 Å². The number of hydrogen-bond donors (Lipinski definition) is 2. The number of hydrogen-bond acceptors (Lipinski definition) is 5. The van der Waals surface area contributed by atoms with Gasteiger partial charge in [-0.2, -0.15) is 0 Å². The molecule has 3 N–H and O–H groups in total. The lowest BCUT2D eigenvalue weighted by Crippen LogP contribution is -2.32. The number of carboxylic acids is 1. The molecule has 1 aliphatic rings. The molecule has 0 heterocycles. The van der Waals surface area contributed by atoms with E-state index >= 15 is 0 Å². The molecule has 0 aromatic heterocycles. The highest BCUT2D eigenvalue weighted by molar-refractivity contribution is 14.1. The second kappa shape index (κ2) is 15.9. The Morgan fingerprint density at radius 1 is 1.05 bits per heavy atom. The molecule has 43 heavy (non-hydrogen) atoms. The molecule has 0 amide bonds. The third-order valence-electron chi connectivity index (χ3n) is 7.21. The molecule has 0 fully saturated rings. The maximum Gasteiger partial charge on any atom is 0.336 e. The lowest BCUT2D eigenvalue weighted by atomic mass is 9.72. The smallest absolute Gasteiger partial charge is 0.336 e. The molecule has 0 bridgehead atoms. The number of carbonyl (C=O) groups is 2. The zero-order valence-corrected chi connectivity index (χ0v) is 29.6. The van der Waals surface area contributed by atoms with E-state index in [1.807, 2.05) is 37.3 Å². The van der Waals surface area contributed by atoms with Crippen molar-refractivity contribution in [1.29, 1.82) is 0 Å². The summed E-state index contributed by atoms with van der Waals surface area (Å²) < 4.78 is 13.2. The van der Waals surface area contributed by atoms with Crippen molar-refractivity contribution in [3.8, 4) is 17.2 Å². The number of carboxylic acid groups (broad SMARTS) is 1. The zero-order chi connectivity index (χ0) is 31.7. The van der Waals surface area contributed by atoms with E-state index in [0.717, 1.165) is 23.9 Å². The Morgan fingerprint density at radius 2 is 1.67 bits per heavy atom. The molecular formula is C35H39I2NO5. The van der Waals surface area contributed by atoms with Crippen LogP contribution in [0.15, 0.2) is 95.1 Å². The van der Waals surface area contributed by atoms with E-state index in [1.165, 1.54) is 36.5 Å². The summed E-state index contributed by atoms with van der Waals surface area (Å²) in [5.41, 5.74) is 11.5. The van der Waals surface area contributed by atoms with Crippen LogP contribution in [-0.4, -0.2) is 23.1 Å². The number of rotatable bonds is 11. The second-order valence-corrected chi connectivity index (χ2v) is 13.8. The van der Waals surface area contributed by atoms with Crippen molar-refractivity contribution in [2.75, 3.05) is 0 Å². The van der Waals surface area contributed by atoms with Gasteiger partial charge < -0.3 is 20.3 Å². The van der Waals surface area contributed by atoms with Gasteiger partial charge in [0.15, 0.2) is 5.75 Å². The Hall–Kier alpha value is -2.70. The van der Waals surface area contributed by atoms with Crippen LogP contribution in [0.1, 0.15) is 59.4 Å². The minimum atomic E-state index is -1.04. The molecule has 1 aliphatic carbocycles. The van der Waals surface area contributed by atoms with E-state index in [0.29, 0.717) is 17.2 Å². The largest absolute Gasteiger partial charge is 0.480 e. The van der Waals surface area contributed by atoms with Crippen LogP contribution in [0.25, 0.3) is 0 Å². The summed E-state index contributed by atoms with van der Waals surface area (Å²) >= 11 is 4.31. The van der Waals surface area contributed by atoms with Crippen LogP contribution in [-0.2, 0) is 16.0 Å². The number of carbonyl (C=O) groups excluding carboxylic acids is 1. The maximum absolute atomic E-state index is 12.5. The summed E-state index contributed by atoms with van der Waals surface area (Å²) in [5.74, 6) is 0.149. The van der Waals surface area contributed by atoms with Crippen molar-refractivity contribution in [1.82, 2.24) is 0 Å². The predicted molar refractivity (Wildman–Crippen MR) is 189 cm³/mol. The number of benzene rings is 2. The molecule has 0 spiro atoms. The highest BCUT2D eigenvalue weighted by atomic mass is 127. The SMILES string of the molecule is CC1=C(/C=C/C(C)=C/C=C/C(C)=C/C(=O)Oc2ccc(Oc3c(I)cc(CC(N)C(=O)O)cc3I)cc2)C(C)(C)CCC1. The van der Waals surface area contributed by atoms with Crippen LogP contribution in [0, 0.1) is 12.6 Å². The maximum atomic E-state index is 12.5. The Labute approximate surface area is 282 Å². The van der Waals surface area contributed by atoms with Gasteiger partial charge in [0.25, 0.3) is 0 Å². The normalized spacial score (nSPS) is 16.6. The minimum Gasteiger partial charge on any atom is -0.480 e. The fraction of sp³-hybridized carbons (Fsp3) is 0.314. The Bertz CT molecular complexity index is 1470. The number of nitrogens with two attached hydrogens (primary N) is 1. The van der Waals surface area contributed by atoms with Gasteiger partial charge in [-0.15, -0.1) is 0 Å². The first-order valence-corrected chi connectivity index (χ1v) is 16.3. The fourth-order valence-electron chi connectivity index (χ4n) is 4.87. The van der Waals surface area contributed by atoms with Gasteiger partial charge in [-0.05, 0) is 150 Å². The number of esters is 1. The van der Waals surface area contributed by atoms with E-state index in [-0.39, 0.29) is 11.8 Å². The third kappa shape index (κ3) is 10.8. The van der Waals surface area contributed by atoms with Crippen molar-refractivity contribution < 1.29 is 24.2 Å². The van der Waals surface area contributed by atoms with E-state index in [2.05, 4.69) is 85.0 Å². The van der Waals surface area contributed by atoms with Crippen LogP contribution in [0.3, 0.4) is 0 Å². The van der Waals surface area contributed by atoms with E-state index in [1.54, 1.807) is 24.3 Å². The molecule has 6 nitrogen and oxygen atoms in total. The van der Waals surface area contributed by atoms with Crippen LogP contribution in [0.5, 0.6) is 17.2 Å². The van der Waals surface area contributed by atoms with Gasteiger partial charge in [0.05, 0.1) is 7.14 Å². The van der Waals surface area contributed by atoms with Gasteiger partial charge in [0.2, 0.25) is 0 Å². The monoisotopic (exact) mass is 807 g/mol. The fourth-order valence-corrected chi connectivity index (χ4v) is 6.99. The molecule has 2 aromatic carbocycles. The lowest BCUT2D eigenvalue weighted by molar-refractivity contribution is -0.138. The first kappa shape index (κ1) is 34.8. The molecule has 228 valence electrons. The van der Waals surface area contributed by atoms with Crippen molar-refractivity contribution in [3.63, 3.8) is 0 Å². The molecule has 0 aliphatic heterocycles. The molecule has 1 unspecified atom stereocenters. The highest BCUT2D eigenvalue weighted by Crippen LogP contribution is 2.41. The molecule has 2 aromatic rings. The van der Waals surface area contributed by atoms with Crippen molar-refractivity contribution >= 4 is 57.1 Å². The van der Waals surface area contributed by atoms with Gasteiger partial charge >= 0.3 is 11.9 Å².